The summed E-state index contributed by atoms with van der Waals surface area (Å²) in [4.78, 5) is 12.4. The normalized spacial score (nSPS) is 16.7. The van der Waals surface area contributed by atoms with Crippen molar-refractivity contribution in [2.24, 2.45) is 11.8 Å². The van der Waals surface area contributed by atoms with E-state index in [0.29, 0.717) is 17.4 Å². The van der Waals surface area contributed by atoms with Crippen molar-refractivity contribution < 1.29 is 22.4 Å². The number of furan rings is 1. The number of carbonyl (C=O) groups is 1. The Balaban J connectivity index is 1.81. The maximum atomic E-state index is 13.1. The summed E-state index contributed by atoms with van der Waals surface area (Å²) in [5, 5.41) is 1.80. The number of hydrogen-bond acceptors (Lipinski definition) is 5. The fourth-order valence-corrected chi connectivity index (χ4v) is 4.52. The molecule has 1 heterocycles. The average molecular weight is 377 g/mol. The summed E-state index contributed by atoms with van der Waals surface area (Å²) in [7, 11) is -2.22. The predicted octanol–water partition coefficient (Wildman–Crippen LogP) is 2.97. The van der Waals surface area contributed by atoms with Gasteiger partial charge >= 0.3 is 0 Å². The van der Waals surface area contributed by atoms with Crippen LogP contribution in [0.3, 0.4) is 0 Å². The molecule has 1 amide bonds. The SMILES string of the molecule is COc1ccc(S(=O)(=O)C(CNC(=O)C(C)C2CC2)c2ccco2)cc1. The summed E-state index contributed by atoms with van der Waals surface area (Å²) in [6, 6.07) is 9.44. The number of nitrogens with one attached hydrogen (secondary N) is 1. The molecule has 2 atom stereocenters. The molecule has 0 bridgehead atoms. The first-order valence-corrected chi connectivity index (χ1v) is 10.2. The largest absolute Gasteiger partial charge is 0.497 e. The van der Waals surface area contributed by atoms with Crippen LogP contribution in [0.1, 0.15) is 30.8 Å². The number of sulfone groups is 1. The van der Waals surface area contributed by atoms with Crippen LogP contribution in [-0.2, 0) is 14.6 Å². The fourth-order valence-electron chi connectivity index (χ4n) is 2.93. The van der Waals surface area contributed by atoms with Crippen molar-refractivity contribution in [3.8, 4) is 5.75 Å². The summed E-state index contributed by atoms with van der Waals surface area (Å²) in [6.45, 7) is 1.85. The molecule has 1 aliphatic carbocycles. The van der Waals surface area contributed by atoms with Crippen molar-refractivity contribution in [2.45, 2.75) is 29.9 Å². The Morgan fingerprint density at radius 2 is 1.96 bits per heavy atom. The molecule has 1 saturated carbocycles. The van der Waals surface area contributed by atoms with E-state index in [-0.39, 0.29) is 23.3 Å². The molecule has 0 spiro atoms. The Labute approximate surface area is 153 Å². The van der Waals surface area contributed by atoms with E-state index in [1.54, 1.807) is 24.3 Å². The van der Waals surface area contributed by atoms with E-state index in [1.807, 2.05) is 6.92 Å². The quantitative estimate of drug-likeness (QED) is 0.764. The maximum absolute atomic E-state index is 13.1. The molecule has 7 heteroatoms. The minimum atomic E-state index is -3.74. The lowest BCUT2D eigenvalue weighted by Gasteiger charge is -2.18. The van der Waals surface area contributed by atoms with E-state index >= 15 is 0 Å². The first-order chi connectivity index (χ1) is 12.4. The minimum Gasteiger partial charge on any atom is -0.497 e. The second-order valence-electron chi connectivity index (χ2n) is 6.60. The van der Waals surface area contributed by atoms with E-state index < -0.39 is 15.1 Å². The van der Waals surface area contributed by atoms with E-state index in [1.165, 1.54) is 25.5 Å². The fraction of sp³-hybridized carbons (Fsp3) is 0.421. The third-order valence-electron chi connectivity index (χ3n) is 4.83. The second kappa shape index (κ2) is 7.53. The topological polar surface area (TPSA) is 85.6 Å². The van der Waals surface area contributed by atoms with Gasteiger partial charge in [0, 0.05) is 12.5 Å². The van der Waals surface area contributed by atoms with Crippen LogP contribution in [0, 0.1) is 11.8 Å². The molecule has 3 rings (SSSR count). The van der Waals surface area contributed by atoms with Crippen molar-refractivity contribution in [3.63, 3.8) is 0 Å². The number of ether oxygens (including phenoxy) is 1. The third-order valence-corrected chi connectivity index (χ3v) is 6.90. The van der Waals surface area contributed by atoms with Crippen molar-refractivity contribution in [3.05, 3.63) is 48.4 Å². The zero-order chi connectivity index (χ0) is 18.7. The summed E-state index contributed by atoms with van der Waals surface area (Å²) in [6.07, 6.45) is 3.54. The molecule has 140 valence electrons. The lowest BCUT2D eigenvalue weighted by Crippen LogP contribution is -2.35. The van der Waals surface area contributed by atoms with E-state index in [4.69, 9.17) is 9.15 Å². The van der Waals surface area contributed by atoms with Crippen LogP contribution in [0.2, 0.25) is 0 Å². The van der Waals surface area contributed by atoms with Crippen LogP contribution in [0.4, 0.5) is 0 Å². The Hall–Kier alpha value is -2.28. The molecule has 0 saturated heterocycles. The molecule has 1 N–H and O–H groups in total. The highest BCUT2D eigenvalue weighted by atomic mass is 32.2. The zero-order valence-corrected chi connectivity index (χ0v) is 15.7. The van der Waals surface area contributed by atoms with Gasteiger partial charge in [-0.05, 0) is 55.2 Å². The molecule has 26 heavy (non-hydrogen) atoms. The second-order valence-corrected chi connectivity index (χ2v) is 8.73. The molecule has 2 unspecified atom stereocenters. The first kappa shape index (κ1) is 18.5. The van der Waals surface area contributed by atoms with E-state index in [2.05, 4.69) is 5.32 Å². The molecule has 0 radical (unpaired) electrons. The standard InChI is InChI=1S/C19H23NO5S/c1-13(14-5-6-14)19(21)20-12-18(17-4-3-11-25-17)26(22,23)16-9-7-15(24-2)8-10-16/h3-4,7-11,13-14,18H,5-6,12H2,1-2H3,(H,20,21). The third kappa shape index (κ3) is 3.93. The van der Waals surface area contributed by atoms with Gasteiger partial charge in [0.2, 0.25) is 5.91 Å². The average Bonchev–Trinajstić information content (AvgIpc) is 3.36. The molecule has 1 aliphatic rings. The van der Waals surface area contributed by atoms with Gasteiger partial charge in [-0.15, -0.1) is 0 Å². The lowest BCUT2D eigenvalue weighted by molar-refractivity contribution is -0.125. The van der Waals surface area contributed by atoms with Gasteiger partial charge in [-0.3, -0.25) is 4.79 Å². The maximum Gasteiger partial charge on any atom is 0.223 e. The first-order valence-electron chi connectivity index (χ1n) is 8.62. The van der Waals surface area contributed by atoms with Crippen LogP contribution in [-0.4, -0.2) is 28.0 Å². The smallest absolute Gasteiger partial charge is 0.223 e. The molecule has 2 aromatic rings. The van der Waals surface area contributed by atoms with Gasteiger partial charge in [-0.1, -0.05) is 6.92 Å². The summed E-state index contributed by atoms with van der Waals surface area (Å²) in [5.74, 6) is 1.07. The van der Waals surface area contributed by atoms with E-state index in [0.717, 1.165) is 12.8 Å². The lowest BCUT2D eigenvalue weighted by atomic mass is 10.1. The number of rotatable bonds is 8. The Morgan fingerprint density at radius 1 is 1.27 bits per heavy atom. The van der Waals surface area contributed by atoms with Gasteiger partial charge in [-0.25, -0.2) is 8.42 Å². The minimum absolute atomic E-state index is 0.0300. The van der Waals surface area contributed by atoms with Gasteiger partial charge in [0.25, 0.3) is 0 Å². The summed E-state index contributed by atoms with van der Waals surface area (Å²) < 4.78 is 36.6. The van der Waals surface area contributed by atoms with Crippen molar-refractivity contribution in [2.75, 3.05) is 13.7 Å². The monoisotopic (exact) mass is 377 g/mol. The van der Waals surface area contributed by atoms with Crippen LogP contribution in [0.5, 0.6) is 5.75 Å². The van der Waals surface area contributed by atoms with Crippen LogP contribution in [0.15, 0.2) is 52.0 Å². The predicted molar refractivity (Wildman–Crippen MR) is 96.5 cm³/mol. The van der Waals surface area contributed by atoms with Gasteiger partial charge < -0.3 is 14.5 Å². The van der Waals surface area contributed by atoms with Gasteiger partial charge in [0.05, 0.1) is 18.3 Å². The number of carbonyl (C=O) groups excluding carboxylic acids is 1. The van der Waals surface area contributed by atoms with Crippen LogP contribution < -0.4 is 10.1 Å². The van der Waals surface area contributed by atoms with Crippen LogP contribution >= 0.6 is 0 Å². The van der Waals surface area contributed by atoms with E-state index in [9.17, 15) is 13.2 Å². The molecule has 0 aliphatic heterocycles. The van der Waals surface area contributed by atoms with Crippen LogP contribution in [0.25, 0.3) is 0 Å². The van der Waals surface area contributed by atoms with Gasteiger partial charge in [-0.2, -0.15) is 0 Å². The molecule has 1 fully saturated rings. The van der Waals surface area contributed by atoms with Gasteiger partial charge in [0.1, 0.15) is 16.8 Å². The number of methoxy groups -OCH3 is 1. The van der Waals surface area contributed by atoms with Crippen molar-refractivity contribution >= 4 is 15.7 Å². The molecule has 6 nitrogen and oxygen atoms in total. The Bertz CT molecular complexity index is 839. The highest BCUT2D eigenvalue weighted by molar-refractivity contribution is 7.91. The molecular formula is C19H23NO5S. The summed E-state index contributed by atoms with van der Waals surface area (Å²) >= 11 is 0. The molecule has 1 aromatic carbocycles. The van der Waals surface area contributed by atoms with Crippen molar-refractivity contribution in [1.82, 2.24) is 5.32 Å². The highest BCUT2D eigenvalue weighted by Gasteiger charge is 2.35. The van der Waals surface area contributed by atoms with Gasteiger partial charge in [0.15, 0.2) is 9.84 Å². The zero-order valence-electron chi connectivity index (χ0n) is 14.8. The molecule has 1 aromatic heterocycles. The number of amides is 1. The van der Waals surface area contributed by atoms with Crippen molar-refractivity contribution in [1.29, 1.82) is 0 Å². The highest BCUT2D eigenvalue weighted by Crippen LogP contribution is 2.37. The Morgan fingerprint density at radius 3 is 2.50 bits per heavy atom. The Kier molecular flexibility index (Phi) is 5.36. The summed E-state index contributed by atoms with van der Waals surface area (Å²) in [5.41, 5.74) is 0. The number of hydrogen-bond donors (Lipinski definition) is 1. The number of benzene rings is 1. The molecular weight excluding hydrogens is 354 g/mol.